The molecule has 3 heterocycles. The molecule has 1 amide bonds. The number of nitrogens with zero attached hydrogens (tertiary/aromatic N) is 2. The molecule has 0 N–H and O–H groups in total. The van der Waals surface area contributed by atoms with Crippen molar-refractivity contribution in [1.82, 2.24) is 9.80 Å². The Labute approximate surface area is 137 Å². The first kappa shape index (κ1) is 15.0. The number of aryl methyl sites for hydroxylation is 1. The number of rotatable bonds is 1. The van der Waals surface area contributed by atoms with Gasteiger partial charge in [-0.3, -0.25) is 9.69 Å². The van der Waals surface area contributed by atoms with Crippen molar-refractivity contribution in [3.63, 3.8) is 0 Å². The molecule has 0 saturated carbocycles. The van der Waals surface area contributed by atoms with Crippen LogP contribution in [-0.4, -0.2) is 68.3 Å². The molecule has 2 fully saturated rings. The summed E-state index contributed by atoms with van der Waals surface area (Å²) in [6.07, 6.45) is 2.03. The summed E-state index contributed by atoms with van der Waals surface area (Å²) in [5, 5.41) is 0. The maximum absolute atomic E-state index is 13.0. The van der Waals surface area contributed by atoms with Crippen molar-refractivity contribution < 1.29 is 14.3 Å². The monoisotopic (exact) mass is 316 g/mol. The van der Waals surface area contributed by atoms with Crippen molar-refractivity contribution >= 4 is 5.91 Å². The predicted molar refractivity (Wildman–Crippen MR) is 86.9 cm³/mol. The van der Waals surface area contributed by atoms with Crippen molar-refractivity contribution in [3.05, 3.63) is 29.3 Å². The first-order chi connectivity index (χ1) is 11.2. The number of likely N-dealkylation sites (N-methyl/N-ethyl adjacent to an activating group) is 1. The maximum atomic E-state index is 13.0. The van der Waals surface area contributed by atoms with Gasteiger partial charge in [-0.15, -0.1) is 0 Å². The van der Waals surface area contributed by atoms with E-state index in [9.17, 15) is 4.79 Å². The molecular formula is C18H24N2O3. The van der Waals surface area contributed by atoms with Gasteiger partial charge in [0.1, 0.15) is 5.75 Å². The first-order valence-corrected chi connectivity index (χ1v) is 8.53. The zero-order chi connectivity index (χ0) is 15.8. The van der Waals surface area contributed by atoms with Crippen LogP contribution in [0.25, 0.3) is 0 Å². The van der Waals surface area contributed by atoms with Crippen LogP contribution in [0.4, 0.5) is 0 Å². The van der Waals surface area contributed by atoms with Crippen molar-refractivity contribution in [2.75, 3.05) is 46.5 Å². The quantitative estimate of drug-likeness (QED) is 0.786. The number of ether oxygens (including phenoxy) is 2. The highest BCUT2D eigenvalue weighted by Gasteiger charge is 2.33. The molecule has 1 aromatic rings. The molecule has 0 aromatic heterocycles. The molecule has 0 unspecified atom stereocenters. The van der Waals surface area contributed by atoms with E-state index in [4.69, 9.17) is 9.47 Å². The Hall–Kier alpha value is -1.59. The summed E-state index contributed by atoms with van der Waals surface area (Å²) in [7, 11) is 2.14. The number of benzene rings is 1. The molecule has 2 saturated heterocycles. The topological polar surface area (TPSA) is 42.0 Å². The van der Waals surface area contributed by atoms with Crippen LogP contribution in [0, 0.1) is 5.92 Å². The van der Waals surface area contributed by atoms with Gasteiger partial charge in [0, 0.05) is 31.1 Å². The summed E-state index contributed by atoms with van der Waals surface area (Å²) in [5.74, 6) is 1.48. The Morgan fingerprint density at radius 1 is 1.22 bits per heavy atom. The van der Waals surface area contributed by atoms with Crippen LogP contribution in [0.3, 0.4) is 0 Å². The minimum absolute atomic E-state index is 0.144. The van der Waals surface area contributed by atoms with E-state index in [1.807, 2.05) is 23.1 Å². The van der Waals surface area contributed by atoms with Crippen LogP contribution in [0.1, 0.15) is 22.3 Å². The van der Waals surface area contributed by atoms with Gasteiger partial charge >= 0.3 is 0 Å². The van der Waals surface area contributed by atoms with Gasteiger partial charge in [-0.1, -0.05) is 0 Å². The summed E-state index contributed by atoms with van der Waals surface area (Å²) in [5.41, 5.74) is 1.95. The van der Waals surface area contributed by atoms with E-state index in [0.717, 1.165) is 69.2 Å². The number of hydrogen-bond acceptors (Lipinski definition) is 4. The van der Waals surface area contributed by atoms with Crippen LogP contribution in [0.2, 0.25) is 0 Å². The lowest BCUT2D eigenvalue weighted by atomic mass is 10.0. The van der Waals surface area contributed by atoms with E-state index in [1.165, 1.54) is 0 Å². The number of carbonyl (C=O) groups is 1. The fourth-order valence-electron chi connectivity index (χ4n) is 3.89. The van der Waals surface area contributed by atoms with Crippen LogP contribution < -0.4 is 4.74 Å². The Bertz CT molecular complexity index is 604. The maximum Gasteiger partial charge on any atom is 0.253 e. The summed E-state index contributed by atoms with van der Waals surface area (Å²) in [4.78, 5) is 17.4. The second-order valence-electron chi connectivity index (χ2n) is 6.98. The zero-order valence-electron chi connectivity index (χ0n) is 13.7. The Balaban J connectivity index is 1.56. The lowest BCUT2D eigenvalue weighted by Gasteiger charge is -2.30. The Morgan fingerprint density at radius 3 is 3.04 bits per heavy atom. The highest BCUT2D eigenvalue weighted by Crippen LogP contribution is 2.27. The molecule has 5 nitrogen and oxygen atoms in total. The van der Waals surface area contributed by atoms with Gasteiger partial charge < -0.3 is 14.4 Å². The second kappa shape index (κ2) is 6.13. The Kier molecular flexibility index (Phi) is 3.99. The van der Waals surface area contributed by atoms with Gasteiger partial charge in [0.05, 0.1) is 25.9 Å². The first-order valence-electron chi connectivity index (χ1n) is 8.53. The molecule has 1 aromatic carbocycles. The molecule has 124 valence electrons. The normalized spacial score (nSPS) is 27.8. The third-order valence-electron chi connectivity index (χ3n) is 5.19. The predicted octanol–water partition coefficient (Wildman–Crippen LogP) is 1.41. The average molecular weight is 316 g/mol. The molecule has 0 aliphatic carbocycles. The number of hydrogen-bond donors (Lipinski definition) is 0. The van der Waals surface area contributed by atoms with Gasteiger partial charge in [-0.05, 0) is 43.7 Å². The van der Waals surface area contributed by atoms with E-state index >= 15 is 0 Å². The van der Waals surface area contributed by atoms with E-state index in [2.05, 4.69) is 11.9 Å². The molecule has 4 rings (SSSR count). The number of carbonyl (C=O) groups excluding carboxylic acids is 1. The van der Waals surface area contributed by atoms with Crippen LogP contribution in [-0.2, 0) is 11.2 Å². The summed E-state index contributed by atoms with van der Waals surface area (Å²) >= 11 is 0. The fraction of sp³-hybridized carbons (Fsp3) is 0.611. The lowest BCUT2D eigenvalue weighted by Crippen LogP contribution is -2.44. The van der Waals surface area contributed by atoms with Gasteiger partial charge in [0.2, 0.25) is 0 Å². The molecule has 0 radical (unpaired) electrons. The summed E-state index contributed by atoms with van der Waals surface area (Å²) in [6, 6.07) is 6.19. The third kappa shape index (κ3) is 2.95. The highest BCUT2D eigenvalue weighted by molar-refractivity contribution is 5.94. The van der Waals surface area contributed by atoms with E-state index in [-0.39, 0.29) is 5.91 Å². The lowest BCUT2D eigenvalue weighted by molar-refractivity contribution is 0.0433. The van der Waals surface area contributed by atoms with E-state index < -0.39 is 0 Å². The molecule has 3 aliphatic heterocycles. The molecule has 2 bridgehead atoms. The van der Waals surface area contributed by atoms with Gasteiger partial charge in [0.15, 0.2) is 0 Å². The van der Waals surface area contributed by atoms with Crippen molar-refractivity contribution in [2.45, 2.75) is 18.9 Å². The standard InChI is InChI=1S/C18H24N2O3/c1-19-8-13-9-20(10-16(19)12-22-11-13)18(21)15-4-5-17-14(7-15)3-2-6-23-17/h4-5,7,13,16H,2-3,6,8-12H2,1H3/t13-,16+/m1/s1. The number of amides is 1. The van der Waals surface area contributed by atoms with Crippen molar-refractivity contribution in [2.24, 2.45) is 5.92 Å². The Morgan fingerprint density at radius 2 is 2.13 bits per heavy atom. The van der Waals surface area contributed by atoms with Crippen LogP contribution in [0.5, 0.6) is 5.75 Å². The molecule has 2 atom stereocenters. The highest BCUT2D eigenvalue weighted by atomic mass is 16.5. The smallest absolute Gasteiger partial charge is 0.253 e. The summed E-state index contributed by atoms with van der Waals surface area (Å²) < 4.78 is 11.4. The second-order valence-corrected chi connectivity index (χ2v) is 6.98. The van der Waals surface area contributed by atoms with Gasteiger partial charge in [0.25, 0.3) is 5.91 Å². The van der Waals surface area contributed by atoms with E-state index in [0.29, 0.717) is 12.0 Å². The van der Waals surface area contributed by atoms with Crippen molar-refractivity contribution in [3.8, 4) is 5.75 Å². The molecule has 0 spiro atoms. The third-order valence-corrected chi connectivity index (χ3v) is 5.19. The zero-order valence-corrected chi connectivity index (χ0v) is 13.7. The number of fused-ring (bicyclic) bond motifs is 4. The van der Waals surface area contributed by atoms with Crippen LogP contribution >= 0.6 is 0 Å². The SMILES string of the molecule is CN1C[C@H]2COC[C@@H]1CN(C(=O)c1ccc3c(c1)CCCO3)C2. The van der Waals surface area contributed by atoms with E-state index in [1.54, 1.807) is 0 Å². The average Bonchev–Trinajstić information content (AvgIpc) is 2.82. The molecular weight excluding hydrogens is 292 g/mol. The minimum atomic E-state index is 0.144. The molecule has 3 aliphatic rings. The largest absolute Gasteiger partial charge is 0.493 e. The fourth-order valence-corrected chi connectivity index (χ4v) is 3.89. The van der Waals surface area contributed by atoms with Crippen LogP contribution in [0.15, 0.2) is 18.2 Å². The molecule has 23 heavy (non-hydrogen) atoms. The molecule has 5 heteroatoms. The summed E-state index contributed by atoms with van der Waals surface area (Å²) in [6.45, 7) is 4.79. The van der Waals surface area contributed by atoms with Crippen molar-refractivity contribution in [1.29, 1.82) is 0 Å². The minimum Gasteiger partial charge on any atom is -0.493 e. The van der Waals surface area contributed by atoms with Gasteiger partial charge in [-0.25, -0.2) is 0 Å². The van der Waals surface area contributed by atoms with Gasteiger partial charge in [-0.2, -0.15) is 0 Å².